The molecular formula is C19H29NO4. The third kappa shape index (κ3) is 5.71. The molecule has 0 aromatic heterocycles. The maximum atomic E-state index is 11.1. The quantitative estimate of drug-likeness (QED) is 0.751. The zero-order chi connectivity index (χ0) is 17.4. The fraction of sp³-hybridized carbons (Fsp3) is 0.632. The van der Waals surface area contributed by atoms with E-state index in [0.717, 1.165) is 25.0 Å². The van der Waals surface area contributed by atoms with Gasteiger partial charge in [0.05, 0.1) is 19.3 Å². The molecule has 1 aromatic rings. The minimum atomic E-state index is -0.420. The normalized spacial score (nSPS) is 23.5. The first-order chi connectivity index (χ1) is 11.6. The summed E-state index contributed by atoms with van der Waals surface area (Å²) in [5.41, 5.74) is 1.23. The molecule has 1 amide bonds. The Hall–Kier alpha value is -1.75. The van der Waals surface area contributed by atoms with Crippen molar-refractivity contribution in [3.05, 3.63) is 29.8 Å². The minimum absolute atomic E-state index is 0.191. The van der Waals surface area contributed by atoms with Crippen molar-refractivity contribution in [2.45, 2.75) is 45.6 Å². The number of rotatable bonds is 7. The van der Waals surface area contributed by atoms with Crippen LogP contribution in [0.15, 0.2) is 24.3 Å². The standard InChI is InChI=1S/C19H29NO4/c1-3-23-19(22)20-11-12-24-17-9-7-15(8-10-17)13-16-6-4-5-14(2)18(16)21/h7-10,14,16,18,21H,3-6,11-13H2,1-2H3,(H,20,22)/t14-,16-,18-/m0/s1. The van der Waals surface area contributed by atoms with Crippen LogP contribution < -0.4 is 10.1 Å². The maximum absolute atomic E-state index is 11.1. The van der Waals surface area contributed by atoms with Crippen LogP contribution in [-0.4, -0.2) is 37.1 Å². The second-order valence-corrected chi connectivity index (χ2v) is 6.50. The van der Waals surface area contributed by atoms with E-state index in [1.807, 2.05) is 12.1 Å². The highest BCUT2D eigenvalue weighted by Gasteiger charge is 2.28. The smallest absolute Gasteiger partial charge is 0.407 e. The highest BCUT2D eigenvalue weighted by Crippen LogP contribution is 2.31. The molecule has 2 rings (SSSR count). The van der Waals surface area contributed by atoms with Crippen LogP contribution in [0.4, 0.5) is 4.79 Å². The summed E-state index contributed by atoms with van der Waals surface area (Å²) in [5, 5.41) is 12.9. The number of hydrogen-bond donors (Lipinski definition) is 2. The van der Waals surface area contributed by atoms with E-state index < -0.39 is 6.09 Å². The Balaban J connectivity index is 1.73. The van der Waals surface area contributed by atoms with E-state index in [-0.39, 0.29) is 6.10 Å². The van der Waals surface area contributed by atoms with Crippen LogP contribution in [0.1, 0.15) is 38.7 Å². The number of carbonyl (C=O) groups is 1. The van der Waals surface area contributed by atoms with E-state index in [0.29, 0.717) is 31.6 Å². The molecule has 1 aliphatic rings. The maximum Gasteiger partial charge on any atom is 0.407 e. The van der Waals surface area contributed by atoms with Crippen LogP contribution in [0.2, 0.25) is 0 Å². The van der Waals surface area contributed by atoms with Crippen molar-refractivity contribution >= 4 is 6.09 Å². The lowest BCUT2D eigenvalue weighted by Crippen LogP contribution is -2.32. The average molecular weight is 335 g/mol. The summed E-state index contributed by atoms with van der Waals surface area (Å²) in [6.45, 7) is 5.08. The zero-order valence-electron chi connectivity index (χ0n) is 14.7. The van der Waals surface area contributed by atoms with Gasteiger partial charge in [0.1, 0.15) is 12.4 Å². The molecule has 1 aliphatic carbocycles. The summed E-state index contributed by atoms with van der Waals surface area (Å²) < 4.78 is 10.4. The van der Waals surface area contributed by atoms with Crippen LogP contribution in [0, 0.1) is 11.8 Å². The van der Waals surface area contributed by atoms with Gasteiger partial charge in [0.25, 0.3) is 0 Å². The number of aliphatic hydroxyl groups excluding tert-OH is 1. The molecule has 5 nitrogen and oxygen atoms in total. The summed E-state index contributed by atoms with van der Waals surface area (Å²) in [6, 6.07) is 8.00. The first-order valence-corrected chi connectivity index (χ1v) is 8.90. The Bertz CT molecular complexity index is 503. The van der Waals surface area contributed by atoms with E-state index in [2.05, 4.69) is 24.4 Å². The summed E-state index contributed by atoms with van der Waals surface area (Å²) in [6.07, 6.45) is 3.74. The number of alkyl carbamates (subject to hydrolysis) is 1. The van der Waals surface area contributed by atoms with Crippen LogP contribution in [0.5, 0.6) is 5.75 Å². The van der Waals surface area contributed by atoms with Crippen molar-refractivity contribution in [3.8, 4) is 5.75 Å². The Kier molecular flexibility index (Phi) is 7.37. The number of hydrogen-bond acceptors (Lipinski definition) is 4. The molecule has 134 valence electrons. The number of aliphatic hydroxyl groups is 1. The van der Waals surface area contributed by atoms with Crippen LogP contribution in [0.3, 0.4) is 0 Å². The highest BCUT2D eigenvalue weighted by atomic mass is 16.5. The van der Waals surface area contributed by atoms with Crippen molar-refractivity contribution in [1.82, 2.24) is 5.32 Å². The van der Waals surface area contributed by atoms with Gasteiger partial charge in [-0.3, -0.25) is 0 Å². The summed E-state index contributed by atoms with van der Waals surface area (Å²) in [5.74, 6) is 1.54. The van der Waals surface area contributed by atoms with Gasteiger partial charge < -0.3 is 19.9 Å². The number of ether oxygens (including phenoxy) is 2. The third-order valence-electron chi connectivity index (χ3n) is 4.64. The van der Waals surface area contributed by atoms with Crippen LogP contribution in [-0.2, 0) is 11.2 Å². The molecule has 1 saturated carbocycles. The molecule has 0 bridgehead atoms. The van der Waals surface area contributed by atoms with Crippen molar-refractivity contribution in [3.63, 3.8) is 0 Å². The van der Waals surface area contributed by atoms with Gasteiger partial charge in [-0.2, -0.15) is 0 Å². The lowest BCUT2D eigenvalue weighted by molar-refractivity contribution is 0.0254. The van der Waals surface area contributed by atoms with Gasteiger partial charge in [0, 0.05) is 0 Å². The predicted octanol–water partition coefficient (Wildman–Crippen LogP) is 3.15. The van der Waals surface area contributed by atoms with Crippen molar-refractivity contribution in [2.24, 2.45) is 11.8 Å². The minimum Gasteiger partial charge on any atom is -0.492 e. The number of carbonyl (C=O) groups excluding carboxylic acids is 1. The van der Waals surface area contributed by atoms with Gasteiger partial charge in [-0.1, -0.05) is 25.5 Å². The van der Waals surface area contributed by atoms with E-state index in [1.54, 1.807) is 6.92 Å². The van der Waals surface area contributed by atoms with E-state index >= 15 is 0 Å². The van der Waals surface area contributed by atoms with E-state index in [9.17, 15) is 9.90 Å². The van der Waals surface area contributed by atoms with Gasteiger partial charge in [0.2, 0.25) is 0 Å². The van der Waals surface area contributed by atoms with Crippen molar-refractivity contribution < 1.29 is 19.4 Å². The Labute approximate surface area is 144 Å². The van der Waals surface area contributed by atoms with Crippen molar-refractivity contribution in [2.75, 3.05) is 19.8 Å². The number of nitrogens with one attached hydrogen (secondary N) is 1. The molecule has 1 fully saturated rings. The molecule has 0 radical (unpaired) electrons. The average Bonchev–Trinajstić information content (AvgIpc) is 2.57. The molecule has 0 aliphatic heterocycles. The largest absolute Gasteiger partial charge is 0.492 e. The van der Waals surface area contributed by atoms with Gasteiger partial charge >= 0.3 is 6.09 Å². The van der Waals surface area contributed by atoms with Crippen molar-refractivity contribution in [1.29, 1.82) is 0 Å². The second kappa shape index (κ2) is 9.52. The first kappa shape index (κ1) is 18.6. The fourth-order valence-corrected chi connectivity index (χ4v) is 3.26. The molecule has 3 atom stereocenters. The van der Waals surface area contributed by atoms with Crippen LogP contribution in [0.25, 0.3) is 0 Å². The predicted molar refractivity (Wildman–Crippen MR) is 93.2 cm³/mol. The molecule has 24 heavy (non-hydrogen) atoms. The Morgan fingerprint density at radius 3 is 2.75 bits per heavy atom. The first-order valence-electron chi connectivity index (χ1n) is 8.90. The topological polar surface area (TPSA) is 67.8 Å². The molecule has 2 N–H and O–H groups in total. The summed E-state index contributed by atoms with van der Waals surface area (Å²) in [4.78, 5) is 11.1. The fourth-order valence-electron chi connectivity index (χ4n) is 3.26. The zero-order valence-corrected chi connectivity index (χ0v) is 14.7. The second-order valence-electron chi connectivity index (χ2n) is 6.50. The molecule has 0 unspecified atom stereocenters. The molecule has 0 spiro atoms. The Morgan fingerprint density at radius 2 is 2.04 bits per heavy atom. The third-order valence-corrected chi connectivity index (χ3v) is 4.64. The molecule has 5 heteroatoms. The van der Waals surface area contributed by atoms with Gasteiger partial charge in [0.15, 0.2) is 0 Å². The van der Waals surface area contributed by atoms with Crippen LogP contribution >= 0.6 is 0 Å². The monoisotopic (exact) mass is 335 g/mol. The van der Waals surface area contributed by atoms with E-state index in [1.165, 1.54) is 12.0 Å². The van der Waals surface area contributed by atoms with Gasteiger partial charge in [-0.25, -0.2) is 4.79 Å². The molecule has 0 heterocycles. The molecular weight excluding hydrogens is 306 g/mol. The number of amides is 1. The highest BCUT2D eigenvalue weighted by molar-refractivity contribution is 5.66. The number of benzene rings is 1. The lowest BCUT2D eigenvalue weighted by Gasteiger charge is -2.32. The molecule has 1 aromatic carbocycles. The summed E-state index contributed by atoms with van der Waals surface area (Å²) >= 11 is 0. The van der Waals surface area contributed by atoms with E-state index in [4.69, 9.17) is 9.47 Å². The lowest BCUT2D eigenvalue weighted by atomic mass is 9.77. The van der Waals surface area contributed by atoms with Gasteiger partial charge in [-0.15, -0.1) is 0 Å². The summed E-state index contributed by atoms with van der Waals surface area (Å²) in [7, 11) is 0. The molecule has 0 saturated heterocycles. The SMILES string of the molecule is CCOC(=O)NCCOc1ccc(C[C@@H]2CCC[C@H](C)[C@@H]2O)cc1. The Morgan fingerprint density at radius 1 is 1.29 bits per heavy atom. The van der Waals surface area contributed by atoms with Gasteiger partial charge in [-0.05, 0) is 55.7 Å².